The molecule has 1 N–H and O–H groups in total. The van der Waals surface area contributed by atoms with Crippen LogP contribution in [-0.2, 0) is 16.6 Å². The van der Waals surface area contributed by atoms with Crippen LogP contribution in [0.3, 0.4) is 0 Å². The maximum atomic E-state index is 11.2. The molecular weight excluding hydrogens is 192 g/mol. The van der Waals surface area contributed by atoms with Crippen LogP contribution in [0.4, 0.5) is 0 Å². The molecule has 0 fully saturated rings. The largest absolute Gasteiger partial charge is 0.497 e. The van der Waals surface area contributed by atoms with Crippen molar-refractivity contribution in [2.75, 3.05) is 7.11 Å². The van der Waals surface area contributed by atoms with E-state index in [1.54, 1.807) is 14.0 Å². The number of benzene rings is 1. The number of hydrogen-bond donors (Lipinski definition) is 1. The van der Waals surface area contributed by atoms with E-state index >= 15 is 0 Å². The molecule has 0 spiro atoms. The van der Waals surface area contributed by atoms with E-state index in [-0.39, 0.29) is 0 Å². The van der Waals surface area contributed by atoms with Crippen molar-refractivity contribution in [3.63, 3.8) is 0 Å². The molecule has 3 nitrogen and oxygen atoms in total. The van der Waals surface area contributed by atoms with Crippen molar-refractivity contribution in [3.8, 4) is 5.75 Å². The minimum absolute atomic E-state index is 0.671. The molecule has 2 rings (SSSR count). The smallest absolute Gasteiger partial charge is 0.313 e. The molecular formula is C12H14O3. The summed E-state index contributed by atoms with van der Waals surface area (Å²) < 4.78 is 5.12. The Hall–Kier alpha value is -1.51. The van der Waals surface area contributed by atoms with E-state index in [0.717, 1.165) is 23.3 Å². The van der Waals surface area contributed by atoms with Crippen molar-refractivity contribution in [1.82, 2.24) is 0 Å². The van der Waals surface area contributed by atoms with Crippen LogP contribution in [-0.4, -0.2) is 18.2 Å². The summed E-state index contributed by atoms with van der Waals surface area (Å²) in [6.45, 7) is 1.79. The molecule has 80 valence electrons. The normalized spacial score (nSPS) is 23.6. The predicted molar refractivity (Wildman–Crippen MR) is 56.3 cm³/mol. The fourth-order valence-electron chi connectivity index (χ4n) is 2.18. The Morgan fingerprint density at radius 2 is 2.27 bits per heavy atom. The molecule has 1 aliphatic carbocycles. The Morgan fingerprint density at radius 1 is 1.53 bits per heavy atom. The van der Waals surface area contributed by atoms with E-state index in [1.807, 2.05) is 18.2 Å². The number of ether oxygens (including phenoxy) is 1. The quantitative estimate of drug-likeness (QED) is 0.804. The summed E-state index contributed by atoms with van der Waals surface area (Å²) in [7, 11) is 1.62. The zero-order valence-corrected chi connectivity index (χ0v) is 8.91. The molecule has 0 aliphatic heterocycles. The third-order valence-corrected chi connectivity index (χ3v) is 3.27. The number of aliphatic carboxylic acids is 1. The molecule has 0 saturated heterocycles. The van der Waals surface area contributed by atoms with E-state index in [4.69, 9.17) is 4.74 Å². The summed E-state index contributed by atoms with van der Waals surface area (Å²) in [6, 6.07) is 5.63. The zero-order chi connectivity index (χ0) is 11.1. The van der Waals surface area contributed by atoms with Gasteiger partial charge >= 0.3 is 5.97 Å². The minimum atomic E-state index is -0.744. The lowest BCUT2D eigenvalue weighted by molar-refractivity contribution is -0.143. The summed E-state index contributed by atoms with van der Waals surface area (Å²) in [5.41, 5.74) is 1.30. The van der Waals surface area contributed by atoms with Crippen LogP contribution in [0.15, 0.2) is 18.2 Å². The van der Waals surface area contributed by atoms with Crippen molar-refractivity contribution in [3.05, 3.63) is 29.3 Å². The van der Waals surface area contributed by atoms with E-state index in [0.29, 0.717) is 6.42 Å². The lowest BCUT2D eigenvalue weighted by Gasteiger charge is -2.19. The average Bonchev–Trinajstić information content (AvgIpc) is 2.57. The standard InChI is InChI=1S/C12H14O3/c1-12(11(13)14)6-5-8-7-9(15-2)3-4-10(8)12/h3-4,7H,5-6H2,1-2H3,(H,13,14)/t12-/m1/s1. The lowest BCUT2D eigenvalue weighted by atomic mass is 9.84. The second kappa shape index (κ2) is 3.26. The van der Waals surface area contributed by atoms with Crippen molar-refractivity contribution in [1.29, 1.82) is 0 Å². The van der Waals surface area contributed by atoms with Gasteiger partial charge in [0.2, 0.25) is 0 Å². The number of carbonyl (C=O) groups is 1. The maximum Gasteiger partial charge on any atom is 0.313 e. The van der Waals surface area contributed by atoms with Crippen molar-refractivity contribution in [2.24, 2.45) is 0 Å². The number of carboxylic acid groups (broad SMARTS) is 1. The van der Waals surface area contributed by atoms with E-state index < -0.39 is 11.4 Å². The molecule has 0 aromatic heterocycles. The monoisotopic (exact) mass is 206 g/mol. The Kier molecular flexibility index (Phi) is 2.18. The van der Waals surface area contributed by atoms with Gasteiger partial charge in [-0.2, -0.15) is 0 Å². The van der Waals surface area contributed by atoms with Gasteiger partial charge in [0.1, 0.15) is 5.75 Å². The fourth-order valence-corrected chi connectivity index (χ4v) is 2.18. The van der Waals surface area contributed by atoms with E-state index in [1.165, 1.54) is 0 Å². The summed E-state index contributed by atoms with van der Waals surface area (Å²) in [5, 5.41) is 9.21. The first-order valence-corrected chi connectivity index (χ1v) is 4.99. The molecule has 3 heteroatoms. The third-order valence-electron chi connectivity index (χ3n) is 3.27. The predicted octanol–water partition coefficient (Wildman–Crippen LogP) is 1.98. The molecule has 0 bridgehead atoms. The number of carboxylic acids is 1. The number of fused-ring (bicyclic) bond motifs is 1. The van der Waals surface area contributed by atoms with E-state index in [9.17, 15) is 9.90 Å². The highest BCUT2D eigenvalue weighted by Crippen LogP contribution is 2.40. The molecule has 1 aliphatic rings. The number of methoxy groups -OCH3 is 1. The van der Waals surface area contributed by atoms with Crippen LogP contribution >= 0.6 is 0 Å². The van der Waals surface area contributed by atoms with Gasteiger partial charge in [0.15, 0.2) is 0 Å². The highest BCUT2D eigenvalue weighted by molar-refractivity contribution is 5.82. The number of rotatable bonds is 2. The van der Waals surface area contributed by atoms with Crippen LogP contribution < -0.4 is 4.74 Å². The highest BCUT2D eigenvalue weighted by Gasteiger charge is 2.41. The molecule has 0 amide bonds. The lowest BCUT2D eigenvalue weighted by Crippen LogP contribution is -2.29. The van der Waals surface area contributed by atoms with Crippen molar-refractivity contribution >= 4 is 5.97 Å². The maximum absolute atomic E-state index is 11.2. The topological polar surface area (TPSA) is 46.5 Å². The molecule has 0 radical (unpaired) electrons. The highest BCUT2D eigenvalue weighted by atomic mass is 16.5. The SMILES string of the molecule is COc1ccc2c(c1)CC[C@@]2(C)C(=O)O. The first-order valence-electron chi connectivity index (χ1n) is 4.99. The van der Waals surface area contributed by atoms with Gasteiger partial charge in [-0.25, -0.2) is 0 Å². The van der Waals surface area contributed by atoms with Crippen LogP contribution in [0.25, 0.3) is 0 Å². The molecule has 1 atom stereocenters. The summed E-state index contributed by atoms with van der Waals surface area (Å²) in [5.74, 6) is 0.0507. The van der Waals surface area contributed by atoms with Gasteiger partial charge in [0, 0.05) is 0 Å². The van der Waals surface area contributed by atoms with Crippen LogP contribution in [0.5, 0.6) is 5.75 Å². The second-order valence-electron chi connectivity index (χ2n) is 4.16. The van der Waals surface area contributed by atoms with E-state index in [2.05, 4.69) is 0 Å². The summed E-state index contributed by atoms with van der Waals surface area (Å²) >= 11 is 0. The third kappa shape index (κ3) is 1.39. The summed E-state index contributed by atoms with van der Waals surface area (Å²) in [6.07, 6.45) is 1.49. The van der Waals surface area contributed by atoms with Gasteiger partial charge in [-0.1, -0.05) is 6.07 Å². The molecule has 15 heavy (non-hydrogen) atoms. The van der Waals surface area contributed by atoms with Gasteiger partial charge in [-0.3, -0.25) is 4.79 Å². The molecule has 0 unspecified atom stereocenters. The molecule has 0 saturated carbocycles. The first-order chi connectivity index (χ1) is 7.08. The second-order valence-corrected chi connectivity index (χ2v) is 4.16. The van der Waals surface area contributed by atoms with Gasteiger partial charge in [-0.05, 0) is 43.0 Å². The van der Waals surface area contributed by atoms with Crippen LogP contribution in [0.2, 0.25) is 0 Å². The Labute approximate surface area is 88.7 Å². The Bertz CT molecular complexity index is 411. The molecule has 0 heterocycles. The van der Waals surface area contributed by atoms with Crippen LogP contribution in [0, 0.1) is 0 Å². The number of hydrogen-bond acceptors (Lipinski definition) is 2. The van der Waals surface area contributed by atoms with Crippen molar-refractivity contribution < 1.29 is 14.6 Å². The van der Waals surface area contributed by atoms with Crippen LogP contribution in [0.1, 0.15) is 24.5 Å². The fraction of sp³-hybridized carbons (Fsp3) is 0.417. The Balaban J connectivity index is 2.49. The Morgan fingerprint density at radius 3 is 2.87 bits per heavy atom. The van der Waals surface area contributed by atoms with Gasteiger partial charge < -0.3 is 9.84 Å². The van der Waals surface area contributed by atoms with Gasteiger partial charge in [-0.15, -0.1) is 0 Å². The molecule has 1 aromatic carbocycles. The molecule has 1 aromatic rings. The van der Waals surface area contributed by atoms with Gasteiger partial charge in [0.05, 0.1) is 12.5 Å². The number of aryl methyl sites for hydroxylation is 1. The van der Waals surface area contributed by atoms with Gasteiger partial charge in [0.25, 0.3) is 0 Å². The minimum Gasteiger partial charge on any atom is -0.497 e. The average molecular weight is 206 g/mol. The van der Waals surface area contributed by atoms with Crippen molar-refractivity contribution in [2.45, 2.75) is 25.2 Å². The zero-order valence-electron chi connectivity index (χ0n) is 8.91. The first kappa shape index (κ1) is 10.0. The summed E-state index contributed by atoms with van der Waals surface area (Å²) in [4.78, 5) is 11.2.